The van der Waals surface area contributed by atoms with Crippen LogP contribution in [-0.4, -0.2) is 34.1 Å². The van der Waals surface area contributed by atoms with E-state index in [0.717, 1.165) is 38.5 Å². The minimum atomic E-state index is -0.272. The normalized spacial score (nSPS) is 55.4. The fourth-order valence-electron chi connectivity index (χ4n) is 6.00. The van der Waals surface area contributed by atoms with Crippen molar-refractivity contribution in [1.82, 2.24) is 0 Å². The van der Waals surface area contributed by atoms with Gasteiger partial charge >= 0.3 is 0 Å². The van der Waals surface area contributed by atoms with Crippen LogP contribution < -0.4 is 0 Å². The van der Waals surface area contributed by atoms with Gasteiger partial charge < -0.3 is 15.3 Å². The molecule has 116 valence electrons. The van der Waals surface area contributed by atoms with E-state index in [1.54, 1.807) is 0 Å². The molecule has 0 aromatic heterocycles. The molecule has 0 amide bonds. The lowest BCUT2D eigenvalue weighted by Crippen LogP contribution is -2.54. The molecule has 0 saturated heterocycles. The van der Waals surface area contributed by atoms with Crippen LogP contribution in [0.5, 0.6) is 0 Å². The lowest BCUT2D eigenvalue weighted by atomic mass is 9.49. The zero-order chi connectivity index (χ0) is 14.5. The molecule has 20 heavy (non-hydrogen) atoms. The van der Waals surface area contributed by atoms with E-state index in [2.05, 4.69) is 13.8 Å². The predicted octanol–water partition coefficient (Wildman–Crippen LogP) is 2.33. The Morgan fingerprint density at radius 1 is 0.900 bits per heavy atom. The van der Waals surface area contributed by atoms with Crippen molar-refractivity contribution < 1.29 is 15.3 Å². The number of hydrogen-bond acceptors (Lipinski definition) is 3. The molecule has 3 heteroatoms. The summed E-state index contributed by atoms with van der Waals surface area (Å²) in [5, 5.41) is 30.3. The molecule has 7 atom stereocenters. The first-order valence-electron chi connectivity index (χ1n) is 8.40. The van der Waals surface area contributed by atoms with E-state index in [9.17, 15) is 15.3 Å². The summed E-state index contributed by atoms with van der Waals surface area (Å²) in [6.45, 7) is 4.63. The molecule has 3 saturated carbocycles. The Labute approximate surface area is 122 Å². The molecule has 0 unspecified atom stereocenters. The molecule has 0 bridgehead atoms. The van der Waals surface area contributed by atoms with Gasteiger partial charge in [0.25, 0.3) is 0 Å². The third-order valence-corrected chi connectivity index (χ3v) is 7.42. The largest absolute Gasteiger partial charge is 0.396 e. The van der Waals surface area contributed by atoms with Crippen LogP contribution >= 0.6 is 0 Å². The molecule has 0 aromatic carbocycles. The van der Waals surface area contributed by atoms with E-state index in [4.69, 9.17) is 0 Å². The van der Waals surface area contributed by atoms with Crippen LogP contribution in [-0.2, 0) is 0 Å². The molecule has 0 heterocycles. The van der Waals surface area contributed by atoms with Gasteiger partial charge in [0.2, 0.25) is 0 Å². The zero-order valence-corrected chi connectivity index (χ0v) is 12.9. The quantitative estimate of drug-likeness (QED) is 0.728. The van der Waals surface area contributed by atoms with Crippen molar-refractivity contribution in [3.8, 4) is 0 Å². The van der Waals surface area contributed by atoms with E-state index in [1.165, 1.54) is 0 Å². The maximum atomic E-state index is 10.5. The van der Waals surface area contributed by atoms with Crippen LogP contribution in [0.3, 0.4) is 0 Å². The molecular weight excluding hydrogens is 252 g/mol. The minimum absolute atomic E-state index is 0.101. The smallest absolute Gasteiger partial charge is 0.0597 e. The fourth-order valence-corrected chi connectivity index (χ4v) is 6.00. The second kappa shape index (κ2) is 4.96. The maximum Gasteiger partial charge on any atom is 0.0597 e. The van der Waals surface area contributed by atoms with Crippen molar-refractivity contribution in [3.63, 3.8) is 0 Å². The molecule has 0 aliphatic heterocycles. The number of fused-ring (bicyclic) bond motifs is 3. The summed E-state index contributed by atoms with van der Waals surface area (Å²) in [6.07, 6.45) is 6.53. The van der Waals surface area contributed by atoms with E-state index >= 15 is 0 Å². The third-order valence-electron chi connectivity index (χ3n) is 7.42. The lowest BCUT2D eigenvalue weighted by Gasteiger charge is -2.57. The summed E-state index contributed by atoms with van der Waals surface area (Å²) in [6, 6.07) is 0. The molecule has 3 rings (SSSR count). The highest BCUT2D eigenvalue weighted by molar-refractivity contribution is 5.08. The van der Waals surface area contributed by atoms with Crippen LogP contribution in [0.1, 0.15) is 58.8 Å². The molecule has 0 spiro atoms. The molecule has 3 nitrogen and oxygen atoms in total. The average molecular weight is 282 g/mol. The average Bonchev–Trinajstić information content (AvgIpc) is 2.71. The van der Waals surface area contributed by atoms with Crippen LogP contribution in [0.15, 0.2) is 0 Å². The van der Waals surface area contributed by atoms with Crippen molar-refractivity contribution in [2.45, 2.75) is 71.0 Å². The van der Waals surface area contributed by atoms with Gasteiger partial charge in [-0.3, -0.25) is 0 Å². The molecular formula is C17H30O3. The van der Waals surface area contributed by atoms with Crippen molar-refractivity contribution in [2.75, 3.05) is 6.61 Å². The number of rotatable bonds is 2. The molecule has 0 radical (unpaired) electrons. The van der Waals surface area contributed by atoms with Gasteiger partial charge in [-0.15, -0.1) is 0 Å². The van der Waals surface area contributed by atoms with Crippen molar-refractivity contribution in [2.24, 2.45) is 28.6 Å². The molecule has 0 aromatic rings. The summed E-state index contributed by atoms with van der Waals surface area (Å²) in [7, 11) is 0. The summed E-state index contributed by atoms with van der Waals surface area (Å²) < 4.78 is 0. The first-order chi connectivity index (χ1) is 9.43. The molecule has 3 aliphatic carbocycles. The van der Waals surface area contributed by atoms with Gasteiger partial charge in [-0.05, 0) is 73.5 Å². The fraction of sp³-hybridized carbons (Fsp3) is 1.00. The second-order valence-electron chi connectivity index (χ2n) is 8.09. The summed E-state index contributed by atoms with van der Waals surface area (Å²) >= 11 is 0. The predicted molar refractivity (Wildman–Crippen MR) is 78.1 cm³/mol. The first-order valence-corrected chi connectivity index (χ1v) is 8.40. The standard InChI is InChI=1S/C17H30O3/c1-16-8-7-13-11(12(16)4-6-15(16)20)3-5-14(19)17(13,2)9-10-18/h11-15,18-20H,3-10H2,1-2H3/t11-,12-,13-,14+,15-,16-,17+/m0/s1. The number of aliphatic hydroxyl groups excluding tert-OH is 3. The Kier molecular flexibility index (Phi) is 3.67. The highest BCUT2D eigenvalue weighted by atomic mass is 16.3. The Morgan fingerprint density at radius 3 is 2.30 bits per heavy atom. The molecule has 3 aliphatic rings. The van der Waals surface area contributed by atoms with Gasteiger partial charge in [-0.25, -0.2) is 0 Å². The van der Waals surface area contributed by atoms with Crippen molar-refractivity contribution in [3.05, 3.63) is 0 Å². The Bertz CT molecular complexity index is 371. The van der Waals surface area contributed by atoms with Crippen LogP contribution in [0, 0.1) is 28.6 Å². The van der Waals surface area contributed by atoms with E-state index in [0.29, 0.717) is 24.2 Å². The van der Waals surface area contributed by atoms with Crippen LogP contribution in [0.2, 0.25) is 0 Å². The Morgan fingerprint density at radius 2 is 1.60 bits per heavy atom. The van der Waals surface area contributed by atoms with Gasteiger partial charge in [0.15, 0.2) is 0 Å². The SMILES string of the molecule is C[C@]1(CCO)[C@H](O)CC[C@@H]2[C@@H]1CC[C@]1(C)[C@@H](O)CC[C@@H]21. The van der Waals surface area contributed by atoms with Crippen molar-refractivity contribution in [1.29, 1.82) is 0 Å². The number of hydrogen-bond donors (Lipinski definition) is 3. The van der Waals surface area contributed by atoms with Gasteiger partial charge in [-0.2, -0.15) is 0 Å². The topological polar surface area (TPSA) is 60.7 Å². The maximum absolute atomic E-state index is 10.5. The Hall–Kier alpha value is -0.120. The molecule has 3 fully saturated rings. The van der Waals surface area contributed by atoms with Gasteiger partial charge in [0, 0.05) is 6.61 Å². The van der Waals surface area contributed by atoms with Gasteiger partial charge in [0.1, 0.15) is 0 Å². The zero-order valence-electron chi connectivity index (χ0n) is 12.9. The molecule has 3 N–H and O–H groups in total. The van der Waals surface area contributed by atoms with Gasteiger partial charge in [0.05, 0.1) is 12.2 Å². The monoisotopic (exact) mass is 282 g/mol. The van der Waals surface area contributed by atoms with E-state index in [1.807, 2.05) is 0 Å². The van der Waals surface area contributed by atoms with Crippen LogP contribution in [0.25, 0.3) is 0 Å². The first kappa shape index (κ1) is 14.8. The summed E-state index contributed by atoms with van der Waals surface area (Å²) in [4.78, 5) is 0. The lowest BCUT2D eigenvalue weighted by molar-refractivity contribution is -0.140. The third kappa shape index (κ3) is 1.89. The second-order valence-corrected chi connectivity index (χ2v) is 8.09. The van der Waals surface area contributed by atoms with E-state index < -0.39 is 0 Å². The van der Waals surface area contributed by atoms with E-state index in [-0.39, 0.29) is 29.6 Å². The Balaban J connectivity index is 1.89. The summed E-state index contributed by atoms with van der Waals surface area (Å²) in [5.41, 5.74) is -0.0316. The summed E-state index contributed by atoms with van der Waals surface area (Å²) in [5.74, 6) is 1.76. The van der Waals surface area contributed by atoms with Crippen LogP contribution in [0.4, 0.5) is 0 Å². The van der Waals surface area contributed by atoms with Crippen molar-refractivity contribution >= 4 is 0 Å². The highest BCUT2D eigenvalue weighted by Gasteiger charge is 2.59. The number of aliphatic hydroxyl groups is 3. The highest BCUT2D eigenvalue weighted by Crippen LogP contribution is 2.63. The minimum Gasteiger partial charge on any atom is -0.396 e. The van der Waals surface area contributed by atoms with Gasteiger partial charge in [-0.1, -0.05) is 13.8 Å².